The Kier molecular flexibility index (Phi) is 5.21. The molecule has 1 aliphatic rings. The minimum Gasteiger partial charge on any atom is -0.481 e. The van der Waals surface area contributed by atoms with Gasteiger partial charge in [-0.1, -0.05) is 19.9 Å². The van der Waals surface area contributed by atoms with E-state index in [9.17, 15) is 14.7 Å². The number of carboxylic acids is 1. The van der Waals surface area contributed by atoms with Gasteiger partial charge in [0.2, 0.25) is 0 Å². The molecule has 0 aliphatic carbocycles. The number of nitrogens with zero attached hydrogens (tertiary/aromatic N) is 1. The van der Waals surface area contributed by atoms with E-state index in [1.165, 1.54) is 0 Å². The van der Waals surface area contributed by atoms with Gasteiger partial charge in [0.15, 0.2) is 0 Å². The van der Waals surface area contributed by atoms with E-state index < -0.39 is 11.4 Å². The molecular weight excluding hydrogens is 304 g/mol. The van der Waals surface area contributed by atoms with Crippen LogP contribution in [0.15, 0.2) is 18.2 Å². The molecule has 1 heterocycles. The molecule has 1 fully saturated rings. The van der Waals surface area contributed by atoms with Crippen LogP contribution in [0.3, 0.4) is 0 Å². The zero-order valence-electron chi connectivity index (χ0n) is 15.2. The summed E-state index contributed by atoms with van der Waals surface area (Å²) < 4.78 is 0. The van der Waals surface area contributed by atoms with Crippen LogP contribution >= 0.6 is 0 Å². The second-order valence-electron chi connectivity index (χ2n) is 7.50. The van der Waals surface area contributed by atoms with E-state index in [2.05, 4.69) is 26.1 Å². The Morgan fingerprint density at radius 3 is 2.50 bits per heavy atom. The summed E-state index contributed by atoms with van der Waals surface area (Å²) in [6.45, 7) is 10.8. The summed E-state index contributed by atoms with van der Waals surface area (Å²) in [5.41, 5.74) is 1.68. The Balaban J connectivity index is 2.21. The van der Waals surface area contributed by atoms with Crippen molar-refractivity contribution in [2.45, 2.75) is 47.1 Å². The number of carbonyl (C=O) groups is 2. The van der Waals surface area contributed by atoms with Gasteiger partial charge in [0, 0.05) is 30.4 Å². The largest absolute Gasteiger partial charge is 0.481 e. The molecule has 1 amide bonds. The number of carbonyl (C=O) groups excluding carboxylic acids is 1. The Morgan fingerprint density at radius 1 is 1.29 bits per heavy atom. The third kappa shape index (κ3) is 3.55. The zero-order chi connectivity index (χ0) is 18.1. The van der Waals surface area contributed by atoms with Crippen LogP contribution in [0.4, 0.5) is 5.69 Å². The van der Waals surface area contributed by atoms with Crippen molar-refractivity contribution in [2.24, 2.45) is 11.3 Å². The predicted octanol–water partition coefficient (Wildman–Crippen LogP) is 3.39. The standard InChI is InChI=1S/C19H28N2O3/c1-12(2)14(4)20-16-8-6-7-15(13(16)3)17(22)21-10-9-19(5,11-21)18(23)24/h6-8,12,14,20H,9-11H2,1-5H3,(H,23,24). The van der Waals surface area contributed by atoms with Crippen LogP contribution in [-0.2, 0) is 4.79 Å². The van der Waals surface area contributed by atoms with E-state index in [0.717, 1.165) is 11.3 Å². The van der Waals surface area contributed by atoms with E-state index in [1.54, 1.807) is 11.8 Å². The highest BCUT2D eigenvalue weighted by Gasteiger charge is 2.42. The van der Waals surface area contributed by atoms with Crippen molar-refractivity contribution in [1.82, 2.24) is 4.90 Å². The number of benzene rings is 1. The molecule has 24 heavy (non-hydrogen) atoms. The van der Waals surface area contributed by atoms with Crippen LogP contribution in [0.1, 0.15) is 50.0 Å². The molecule has 1 aliphatic heterocycles. The SMILES string of the molecule is Cc1c(NC(C)C(C)C)cccc1C(=O)N1CCC(C)(C(=O)O)C1. The zero-order valence-corrected chi connectivity index (χ0v) is 15.2. The summed E-state index contributed by atoms with van der Waals surface area (Å²) in [7, 11) is 0. The van der Waals surface area contributed by atoms with Gasteiger partial charge in [0.25, 0.3) is 5.91 Å². The van der Waals surface area contributed by atoms with E-state index in [-0.39, 0.29) is 12.5 Å². The maximum atomic E-state index is 12.9. The Morgan fingerprint density at radius 2 is 1.96 bits per heavy atom. The second-order valence-corrected chi connectivity index (χ2v) is 7.50. The van der Waals surface area contributed by atoms with E-state index in [0.29, 0.717) is 30.5 Å². The number of anilines is 1. The number of carboxylic acid groups (broad SMARTS) is 1. The summed E-state index contributed by atoms with van der Waals surface area (Å²) in [5.74, 6) is -0.437. The molecule has 2 unspecified atom stereocenters. The fourth-order valence-electron chi connectivity index (χ4n) is 2.91. The summed E-state index contributed by atoms with van der Waals surface area (Å²) >= 11 is 0. The van der Waals surface area contributed by atoms with Crippen LogP contribution in [0.25, 0.3) is 0 Å². The van der Waals surface area contributed by atoms with Gasteiger partial charge < -0.3 is 15.3 Å². The minimum atomic E-state index is -0.842. The molecule has 2 rings (SSSR count). The second kappa shape index (κ2) is 6.83. The Bertz CT molecular complexity index is 641. The van der Waals surface area contributed by atoms with Crippen LogP contribution in [0.5, 0.6) is 0 Å². The maximum absolute atomic E-state index is 12.9. The van der Waals surface area contributed by atoms with Crippen molar-refractivity contribution >= 4 is 17.6 Å². The summed E-state index contributed by atoms with van der Waals surface area (Å²) in [5, 5.41) is 12.8. The minimum absolute atomic E-state index is 0.0849. The van der Waals surface area contributed by atoms with Crippen molar-refractivity contribution in [3.8, 4) is 0 Å². The third-order valence-corrected chi connectivity index (χ3v) is 5.22. The lowest BCUT2D eigenvalue weighted by Crippen LogP contribution is -2.35. The average Bonchev–Trinajstić information content (AvgIpc) is 2.92. The molecule has 1 saturated heterocycles. The van der Waals surface area contributed by atoms with Gasteiger partial charge in [0.1, 0.15) is 0 Å². The monoisotopic (exact) mass is 332 g/mol. The molecule has 0 aromatic heterocycles. The normalized spacial score (nSPS) is 21.8. The lowest BCUT2D eigenvalue weighted by Gasteiger charge is -2.23. The molecule has 5 nitrogen and oxygen atoms in total. The summed E-state index contributed by atoms with van der Waals surface area (Å²) in [4.78, 5) is 25.9. The highest BCUT2D eigenvalue weighted by atomic mass is 16.4. The highest BCUT2D eigenvalue weighted by molar-refractivity contribution is 5.97. The number of nitrogens with one attached hydrogen (secondary N) is 1. The first-order valence-electron chi connectivity index (χ1n) is 8.54. The molecular formula is C19H28N2O3. The summed E-state index contributed by atoms with van der Waals surface area (Å²) in [6, 6.07) is 5.98. The fourth-order valence-corrected chi connectivity index (χ4v) is 2.91. The van der Waals surface area contributed by atoms with Gasteiger partial charge in [-0.25, -0.2) is 0 Å². The Labute approximate surface area is 144 Å². The van der Waals surface area contributed by atoms with Gasteiger partial charge in [-0.15, -0.1) is 0 Å². The van der Waals surface area contributed by atoms with Gasteiger partial charge in [-0.05, 0) is 50.8 Å². The van der Waals surface area contributed by atoms with Crippen molar-refractivity contribution in [3.63, 3.8) is 0 Å². The van der Waals surface area contributed by atoms with Crippen molar-refractivity contribution in [1.29, 1.82) is 0 Å². The highest BCUT2D eigenvalue weighted by Crippen LogP contribution is 2.32. The smallest absolute Gasteiger partial charge is 0.311 e. The molecule has 0 spiro atoms. The number of aliphatic carboxylic acids is 1. The number of hydrogen-bond acceptors (Lipinski definition) is 3. The molecule has 2 atom stereocenters. The number of hydrogen-bond donors (Lipinski definition) is 2. The molecule has 2 N–H and O–H groups in total. The Hall–Kier alpha value is -2.04. The fraction of sp³-hybridized carbons (Fsp3) is 0.579. The molecule has 1 aromatic rings. The molecule has 0 bridgehead atoms. The number of amides is 1. The topological polar surface area (TPSA) is 69.6 Å². The number of rotatable bonds is 5. The predicted molar refractivity (Wildman–Crippen MR) is 95.4 cm³/mol. The van der Waals surface area contributed by atoms with Gasteiger partial charge in [0.05, 0.1) is 5.41 Å². The molecule has 5 heteroatoms. The van der Waals surface area contributed by atoms with Crippen molar-refractivity contribution in [3.05, 3.63) is 29.3 Å². The quantitative estimate of drug-likeness (QED) is 0.867. The lowest BCUT2D eigenvalue weighted by atomic mass is 9.90. The first kappa shape index (κ1) is 18.3. The van der Waals surface area contributed by atoms with Crippen LogP contribution in [0.2, 0.25) is 0 Å². The van der Waals surface area contributed by atoms with Gasteiger partial charge in [-0.2, -0.15) is 0 Å². The van der Waals surface area contributed by atoms with Crippen LogP contribution < -0.4 is 5.32 Å². The maximum Gasteiger partial charge on any atom is 0.311 e. The first-order chi connectivity index (χ1) is 11.2. The van der Waals surface area contributed by atoms with Crippen molar-refractivity contribution < 1.29 is 14.7 Å². The molecule has 132 valence electrons. The molecule has 0 radical (unpaired) electrons. The molecule has 0 saturated carbocycles. The lowest BCUT2D eigenvalue weighted by molar-refractivity contribution is -0.147. The van der Waals surface area contributed by atoms with Crippen LogP contribution in [-0.4, -0.2) is 41.0 Å². The van der Waals surface area contributed by atoms with Crippen LogP contribution in [0, 0.1) is 18.3 Å². The van der Waals surface area contributed by atoms with E-state index >= 15 is 0 Å². The third-order valence-electron chi connectivity index (χ3n) is 5.22. The van der Waals surface area contributed by atoms with Crippen molar-refractivity contribution in [2.75, 3.05) is 18.4 Å². The average molecular weight is 332 g/mol. The number of likely N-dealkylation sites (tertiary alicyclic amines) is 1. The van der Waals surface area contributed by atoms with E-state index in [1.807, 2.05) is 25.1 Å². The molecule has 1 aromatic carbocycles. The summed E-state index contributed by atoms with van der Waals surface area (Å²) in [6.07, 6.45) is 0.495. The first-order valence-corrected chi connectivity index (χ1v) is 8.54. The van der Waals surface area contributed by atoms with Gasteiger partial charge in [-0.3, -0.25) is 9.59 Å². The van der Waals surface area contributed by atoms with E-state index in [4.69, 9.17) is 0 Å². The van der Waals surface area contributed by atoms with Gasteiger partial charge >= 0.3 is 5.97 Å².